The van der Waals surface area contributed by atoms with Crippen molar-refractivity contribution in [2.75, 3.05) is 13.1 Å². The summed E-state index contributed by atoms with van der Waals surface area (Å²) < 4.78 is 28.6. The van der Waals surface area contributed by atoms with Crippen LogP contribution in [0.25, 0.3) is 0 Å². The van der Waals surface area contributed by atoms with Crippen LogP contribution in [0.15, 0.2) is 24.3 Å². The van der Waals surface area contributed by atoms with Gasteiger partial charge in [0.05, 0.1) is 0 Å². The lowest BCUT2D eigenvalue weighted by molar-refractivity contribution is -0.0499. The molecule has 18 heavy (non-hydrogen) atoms. The standard InChI is InChI=1S/C13H18F2N2O/c14-13(15)18-12-5-1-3-10(7-12)8-17-6-2-4-11(16)9-17/h1,3,5,7,11,13H,2,4,6,8-9,16H2/t11-/m0/s1. The van der Waals surface area contributed by atoms with Gasteiger partial charge in [-0.05, 0) is 37.1 Å². The number of benzene rings is 1. The fourth-order valence-corrected chi connectivity index (χ4v) is 2.31. The van der Waals surface area contributed by atoms with Gasteiger partial charge in [-0.3, -0.25) is 4.90 Å². The maximum atomic E-state index is 12.1. The van der Waals surface area contributed by atoms with Gasteiger partial charge in [0.2, 0.25) is 0 Å². The predicted molar refractivity (Wildman–Crippen MR) is 65.6 cm³/mol. The first-order valence-corrected chi connectivity index (χ1v) is 6.15. The Bertz CT molecular complexity index is 387. The molecular weight excluding hydrogens is 238 g/mol. The number of nitrogens with two attached hydrogens (primary N) is 1. The van der Waals surface area contributed by atoms with Crippen molar-refractivity contribution < 1.29 is 13.5 Å². The van der Waals surface area contributed by atoms with Gasteiger partial charge in [0.15, 0.2) is 0 Å². The van der Waals surface area contributed by atoms with E-state index in [4.69, 9.17) is 5.73 Å². The van der Waals surface area contributed by atoms with Gasteiger partial charge in [0.1, 0.15) is 5.75 Å². The van der Waals surface area contributed by atoms with Crippen LogP contribution in [0.4, 0.5) is 8.78 Å². The second-order valence-electron chi connectivity index (χ2n) is 4.66. The molecule has 5 heteroatoms. The largest absolute Gasteiger partial charge is 0.435 e. The molecular formula is C13H18F2N2O. The lowest BCUT2D eigenvalue weighted by atomic mass is 10.1. The molecule has 0 radical (unpaired) electrons. The Hall–Kier alpha value is -1.20. The number of hydrogen-bond acceptors (Lipinski definition) is 3. The highest BCUT2D eigenvalue weighted by atomic mass is 19.3. The SMILES string of the molecule is N[C@H]1CCCN(Cc2cccc(OC(F)F)c2)C1. The normalized spacial score (nSPS) is 21.2. The topological polar surface area (TPSA) is 38.5 Å². The smallest absolute Gasteiger partial charge is 0.387 e. The molecule has 1 atom stereocenters. The van der Waals surface area contributed by atoms with Crippen molar-refractivity contribution in [2.45, 2.75) is 32.0 Å². The van der Waals surface area contributed by atoms with E-state index in [1.807, 2.05) is 6.07 Å². The molecule has 2 rings (SSSR count). The second-order valence-corrected chi connectivity index (χ2v) is 4.66. The van der Waals surface area contributed by atoms with Gasteiger partial charge < -0.3 is 10.5 Å². The summed E-state index contributed by atoms with van der Waals surface area (Å²) >= 11 is 0. The van der Waals surface area contributed by atoms with Gasteiger partial charge in [0, 0.05) is 19.1 Å². The van der Waals surface area contributed by atoms with Crippen molar-refractivity contribution in [3.8, 4) is 5.75 Å². The molecule has 2 N–H and O–H groups in total. The van der Waals surface area contributed by atoms with E-state index in [1.165, 1.54) is 6.07 Å². The van der Waals surface area contributed by atoms with E-state index in [0.717, 1.165) is 38.0 Å². The molecule has 1 aromatic rings. The van der Waals surface area contributed by atoms with Crippen molar-refractivity contribution in [1.29, 1.82) is 0 Å². The summed E-state index contributed by atoms with van der Waals surface area (Å²) in [6.07, 6.45) is 2.15. The highest BCUT2D eigenvalue weighted by Crippen LogP contribution is 2.18. The first kappa shape index (κ1) is 13.2. The number of alkyl halides is 2. The molecule has 0 unspecified atom stereocenters. The number of ether oxygens (including phenoxy) is 1. The molecule has 3 nitrogen and oxygen atoms in total. The summed E-state index contributed by atoms with van der Waals surface area (Å²) in [6.45, 7) is -0.175. The summed E-state index contributed by atoms with van der Waals surface area (Å²) in [5.41, 5.74) is 6.88. The maximum absolute atomic E-state index is 12.1. The van der Waals surface area contributed by atoms with Gasteiger partial charge in [-0.15, -0.1) is 0 Å². The van der Waals surface area contributed by atoms with Gasteiger partial charge in [-0.1, -0.05) is 12.1 Å². The Balaban J connectivity index is 1.96. The average molecular weight is 256 g/mol. The van der Waals surface area contributed by atoms with E-state index in [-0.39, 0.29) is 11.8 Å². The number of piperidine rings is 1. The lowest BCUT2D eigenvalue weighted by Crippen LogP contribution is -2.42. The molecule has 0 aromatic heterocycles. The zero-order valence-corrected chi connectivity index (χ0v) is 10.2. The van der Waals surface area contributed by atoms with Crippen LogP contribution < -0.4 is 10.5 Å². The summed E-state index contributed by atoms with van der Waals surface area (Å²) in [4.78, 5) is 2.25. The van der Waals surface area contributed by atoms with Crippen LogP contribution in [0.1, 0.15) is 18.4 Å². The second kappa shape index (κ2) is 6.11. The summed E-state index contributed by atoms with van der Waals surface area (Å²) in [7, 11) is 0. The number of rotatable bonds is 4. The Morgan fingerprint density at radius 2 is 2.28 bits per heavy atom. The van der Waals surface area contributed by atoms with Crippen LogP contribution in [-0.2, 0) is 6.54 Å². The third kappa shape index (κ3) is 3.92. The van der Waals surface area contributed by atoms with Gasteiger partial charge >= 0.3 is 6.61 Å². The third-order valence-corrected chi connectivity index (χ3v) is 3.07. The molecule has 1 fully saturated rings. The molecule has 100 valence electrons. The van der Waals surface area contributed by atoms with Crippen molar-refractivity contribution in [2.24, 2.45) is 5.73 Å². The Kier molecular flexibility index (Phi) is 4.49. The number of halogens is 2. The highest BCUT2D eigenvalue weighted by Gasteiger charge is 2.16. The molecule has 0 amide bonds. The molecule has 0 saturated carbocycles. The summed E-state index contributed by atoms with van der Waals surface area (Å²) in [5.74, 6) is 0.212. The predicted octanol–water partition coefficient (Wildman–Crippen LogP) is 2.21. The molecule has 1 heterocycles. The van der Waals surface area contributed by atoms with E-state index in [9.17, 15) is 8.78 Å². The number of nitrogens with zero attached hydrogens (tertiary/aromatic N) is 1. The van der Waals surface area contributed by atoms with Crippen molar-refractivity contribution in [3.63, 3.8) is 0 Å². The third-order valence-electron chi connectivity index (χ3n) is 3.07. The van der Waals surface area contributed by atoms with E-state index < -0.39 is 6.61 Å². The average Bonchev–Trinajstić information content (AvgIpc) is 2.28. The van der Waals surface area contributed by atoms with E-state index in [0.29, 0.717) is 0 Å². The Labute approximate surface area is 106 Å². The molecule has 1 aliphatic heterocycles. The fraction of sp³-hybridized carbons (Fsp3) is 0.538. The zero-order chi connectivity index (χ0) is 13.0. The Morgan fingerprint density at radius 3 is 3.00 bits per heavy atom. The minimum absolute atomic E-state index is 0.212. The molecule has 1 saturated heterocycles. The van der Waals surface area contributed by atoms with Crippen molar-refractivity contribution in [3.05, 3.63) is 29.8 Å². The number of hydrogen-bond donors (Lipinski definition) is 1. The zero-order valence-electron chi connectivity index (χ0n) is 10.2. The summed E-state index contributed by atoms with van der Waals surface area (Å²) in [6, 6.07) is 7.07. The van der Waals surface area contributed by atoms with Crippen LogP contribution in [0, 0.1) is 0 Å². The number of likely N-dealkylation sites (tertiary alicyclic amines) is 1. The van der Waals surface area contributed by atoms with E-state index in [2.05, 4.69) is 9.64 Å². The Morgan fingerprint density at radius 1 is 1.44 bits per heavy atom. The van der Waals surface area contributed by atoms with Crippen LogP contribution in [0.5, 0.6) is 5.75 Å². The van der Waals surface area contributed by atoms with Crippen molar-refractivity contribution >= 4 is 0 Å². The lowest BCUT2D eigenvalue weighted by Gasteiger charge is -2.30. The molecule has 0 aliphatic carbocycles. The van der Waals surface area contributed by atoms with Gasteiger partial charge in [0.25, 0.3) is 0 Å². The fourth-order valence-electron chi connectivity index (χ4n) is 2.31. The molecule has 1 aromatic carbocycles. The molecule has 0 bridgehead atoms. The van der Waals surface area contributed by atoms with Crippen LogP contribution in [0.2, 0.25) is 0 Å². The van der Waals surface area contributed by atoms with Gasteiger partial charge in [-0.25, -0.2) is 0 Å². The first-order chi connectivity index (χ1) is 8.63. The highest BCUT2D eigenvalue weighted by molar-refractivity contribution is 5.28. The first-order valence-electron chi connectivity index (χ1n) is 6.15. The molecule has 1 aliphatic rings. The minimum Gasteiger partial charge on any atom is -0.435 e. The van der Waals surface area contributed by atoms with Gasteiger partial charge in [-0.2, -0.15) is 8.78 Å². The summed E-state index contributed by atoms with van der Waals surface area (Å²) in [5, 5.41) is 0. The van der Waals surface area contributed by atoms with Crippen LogP contribution in [-0.4, -0.2) is 30.6 Å². The maximum Gasteiger partial charge on any atom is 0.387 e. The van der Waals surface area contributed by atoms with Crippen LogP contribution in [0.3, 0.4) is 0 Å². The minimum atomic E-state index is -2.77. The van der Waals surface area contributed by atoms with Crippen LogP contribution >= 0.6 is 0 Å². The van der Waals surface area contributed by atoms with Crippen molar-refractivity contribution in [1.82, 2.24) is 4.90 Å². The monoisotopic (exact) mass is 256 g/mol. The van der Waals surface area contributed by atoms with E-state index in [1.54, 1.807) is 12.1 Å². The molecule has 0 spiro atoms. The quantitative estimate of drug-likeness (QED) is 0.897. The van der Waals surface area contributed by atoms with E-state index >= 15 is 0 Å².